The molecule has 1 N–H and O–H groups in total. The van der Waals surface area contributed by atoms with Crippen molar-refractivity contribution in [2.45, 2.75) is 25.6 Å². The van der Waals surface area contributed by atoms with Gasteiger partial charge in [-0.2, -0.15) is 0 Å². The highest BCUT2D eigenvalue weighted by atomic mass is 17.2. The van der Waals surface area contributed by atoms with E-state index >= 15 is 0 Å². The van der Waals surface area contributed by atoms with Crippen LogP contribution in [-0.4, -0.2) is 35.2 Å². The van der Waals surface area contributed by atoms with Crippen LogP contribution in [0.3, 0.4) is 0 Å². The first-order valence-corrected chi connectivity index (χ1v) is 9.86. The lowest BCUT2D eigenvalue weighted by molar-refractivity contribution is -0.325. The van der Waals surface area contributed by atoms with Crippen LogP contribution in [-0.2, 0) is 19.3 Å². The molecule has 154 valence electrons. The summed E-state index contributed by atoms with van der Waals surface area (Å²) in [4.78, 5) is 26.5. The first-order valence-electron chi connectivity index (χ1n) is 9.86. The number of hydrogen-bond donors (Lipinski definition) is 1. The van der Waals surface area contributed by atoms with E-state index in [0.717, 1.165) is 16.7 Å². The van der Waals surface area contributed by atoms with E-state index in [-0.39, 0.29) is 5.78 Å². The number of allylic oxidation sites excluding steroid dienone is 3. The Balaban J connectivity index is 1.79. The lowest BCUT2D eigenvalue weighted by atomic mass is 9.70. The molecule has 2 aliphatic rings. The van der Waals surface area contributed by atoms with Crippen molar-refractivity contribution in [3.05, 3.63) is 89.3 Å². The minimum Gasteiger partial charge on any atom is -0.454 e. The highest BCUT2D eigenvalue weighted by molar-refractivity contribution is 5.96. The highest BCUT2D eigenvalue weighted by Gasteiger charge is 2.52. The fourth-order valence-electron chi connectivity index (χ4n) is 3.83. The lowest BCUT2D eigenvalue weighted by Crippen LogP contribution is -2.58. The molecular formula is C24H23NO5. The number of carbonyl (C=O) groups is 1. The number of ether oxygens (including phenoxy) is 1. The van der Waals surface area contributed by atoms with Crippen molar-refractivity contribution in [1.29, 1.82) is 0 Å². The van der Waals surface area contributed by atoms with Crippen molar-refractivity contribution in [3.63, 3.8) is 0 Å². The summed E-state index contributed by atoms with van der Waals surface area (Å²) in [6.07, 6.45) is 4.16. The second kappa shape index (κ2) is 8.75. The lowest BCUT2D eigenvalue weighted by Gasteiger charge is -2.39. The molecule has 1 aromatic heterocycles. The van der Waals surface area contributed by atoms with Gasteiger partial charge in [0.2, 0.25) is 0 Å². The summed E-state index contributed by atoms with van der Waals surface area (Å²) in [5.74, 6) is 0.412. The fourth-order valence-corrected chi connectivity index (χ4v) is 3.83. The van der Waals surface area contributed by atoms with Gasteiger partial charge in [-0.3, -0.25) is 9.78 Å². The Bertz CT molecular complexity index is 953. The summed E-state index contributed by atoms with van der Waals surface area (Å²) in [5.41, 5.74) is 3.26. The monoisotopic (exact) mass is 405 g/mol. The molecular weight excluding hydrogens is 382 g/mol. The van der Waals surface area contributed by atoms with E-state index in [1.807, 2.05) is 67.6 Å². The van der Waals surface area contributed by atoms with Crippen LogP contribution in [0.5, 0.6) is 0 Å². The molecule has 2 aromatic rings. The van der Waals surface area contributed by atoms with Gasteiger partial charge in [0.15, 0.2) is 17.6 Å². The number of aliphatic hydroxyl groups is 1. The fraction of sp³-hybridized carbons (Fsp3) is 0.250. The highest BCUT2D eigenvalue weighted by Crippen LogP contribution is 2.40. The molecule has 1 fully saturated rings. The van der Waals surface area contributed by atoms with Gasteiger partial charge in [-0.25, -0.2) is 9.78 Å². The SMILES string of the molecule is CCC(=C1C=C(c2ccccc2)OC(c2ccccn2)=C1)C1C(=O)C(OOC)C1O. The zero-order valence-corrected chi connectivity index (χ0v) is 16.8. The molecule has 0 radical (unpaired) electrons. The second-order valence-corrected chi connectivity index (χ2v) is 7.09. The zero-order chi connectivity index (χ0) is 21.1. The topological polar surface area (TPSA) is 77.9 Å². The van der Waals surface area contributed by atoms with Gasteiger partial charge in [-0.15, -0.1) is 0 Å². The number of nitrogens with zero attached hydrogens (tertiary/aromatic N) is 1. The molecule has 2 heterocycles. The molecule has 1 aliphatic carbocycles. The maximum atomic E-state index is 12.6. The normalized spacial score (nSPS) is 25.0. The molecule has 4 rings (SSSR count). The van der Waals surface area contributed by atoms with Crippen LogP contribution in [0.15, 0.2) is 78.0 Å². The van der Waals surface area contributed by atoms with Gasteiger partial charge in [0.25, 0.3) is 0 Å². The van der Waals surface area contributed by atoms with Gasteiger partial charge in [-0.1, -0.05) is 43.3 Å². The van der Waals surface area contributed by atoms with Crippen molar-refractivity contribution in [2.24, 2.45) is 5.92 Å². The molecule has 1 aliphatic heterocycles. The molecule has 3 unspecified atom stereocenters. The van der Waals surface area contributed by atoms with Crippen LogP contribution in [0, 0.1) is 5.92 Å². The van der Waals surface area contributed by atoms with E-state index in [2.05, 4.69) is 9.87 Å². The van der Waals surface area contributed by atoms with E-state index < -0.39 is 18.1 Å². The maximum absolute atomic E-state index is 12.6. The Morgan fingerprint density at radius 3 is 2.47 bits per heavy atom. The predicted molar refractivity (Wildman–Crippen MR) is 111 cm³/mol. The first kappa shape index (κ1) is 20.2. The van der Waals surface area contributed by atoms with Crippen LogP contribution < -0.4 is 0 Å². The minimum absolute atomic E-state index is 0.192. The van der Waals surface area contributed by atoms with E-state index in [4.69, 9.17) is 9.62 Å². The number of carbonyl (C=O) groups excluding carboxylic acids is 1. The van der Waals surface area contributed by atoms with Crippen molar-refractivity contribution in [3.8, 4) is 0 Å². The maximum Gasteiger partial charge on any atom is 0.178 e. The number of rotatable bonds is 6. The number of hydrogen-bond acceptors (Lipinski definition) is 6. The molecule has 6 nitrogen and oxygen atoms in total. The van der Waals surface area contributed by atoms with Gasteiger partial charge < -0.3 is 9.84 Å². The van der Waals surface area contributed by atoms with E-state index in [1.54, 1.807) is 6.20 Å². The number of aromatic nitrogens is 1. The van der Waals surface area contributed by atoms with E-state index in [9.17, 15) is 9.90 Å². The van der Waals surface area contributed by atoms with Crippen LogP contribution >= 0.6 is 0 Å². The number of pyridine rings is 1. The number of benzene rings is 1. The average Bonchev–Trinajstić information content (AvgIpc) is 2.81. The van der Waals surface area contributed by atoms with Gasteiger partial charge in [0.1, 0.15) is 17.6 Å². The van der Waals surface area contributed by atoms with E-state index in [1.165, 1.54) is 7.11 Å². The number of aliphatic hydroxyl groups excluding tert-OH is 1. The molecule has 0 saturated heterocycles. The van der Waals surface area contributed by atoms with Crippen LogP contribution in [0.4, 0.5) is 0 Å². The quantitative estimate of drug-likeness (QED) is 0.583. The summed E-state index contributed by atoms with van der Waals surface area (Å²) in [6.45, 7) is 1.96. The smallest absolute Gasteiger partial charge is 0.178 e. The molecule has 0 spiro atoms. The summed E-state index contributed by atoms with van der Waals surface area (Å²) in [6, 6.07) is 15.3. The van der Waals surface area contributed by atoms with E-state index in [0.29, 0.717) is 23.6 Å². The Morgan fingerprint density at radius 1 is 1.10 bits per heavy atom. The van der Waals surface area contributed by atoms with Gasteiger partial charge in [-0.05, 0) is 41.9 Å². The summed E-state index contributed by atoms with van der Waals surface area (Å²) < 4.78 is 6.16. The summed E-state index contributed by atoms with van der Waals surface area (Å²) in [5, 5.41) is 10.5. The molecule has 30 heavy (non-hydrogen) atoms. The van der Waals surface area contributed by atoms with Crippen molar-refractivity contribution in [1.82, 2.24) is 4.98 Å². The Kier molecular flexibility index (Phi) is 5.90. The third-order valence-corrected chi connectivity index (χ3v) is 5.33. The van der Waals surface area contributed by atoms with Gasteiger partial charge in [0.05, 0.1) is 13.0 Å². The minimum atomic E-state index is -0.959. The Hall–Kier alpha value is -3.06. The second-order valence-electron chi connectivity index (χ2n) is 7.09. The van der Waals surface area contributed by atoms with Gasteiger partial charge >= 0.3 is 0 Å². The average molecular weight is 405 g/mol. The molecule has 3 atom stereocenters. The van der Waals surface area contributed by atoms with Crippen LogP contribution in [0.1, 0.15) is 24.6 Å². The van der Waals surface area contributed by atoms with Crippen LogP contribution in [0.25, 0.3) is 11.5 Å². The molecule has 0 bridgehead atoms. The molecule has 0 amide bonds. The zero-order valence-electron chi connectivity index (χ0n) is 16.8. The first-order chi connectivity index (χ1) is 14.6. The Morgan fingerprint density at radius 2 is 1.83 bits per heavy atom. The molecule has 1 saturated carbocycles. The van der Waals surface area contributed by atoms with Crippen molar-refractivity contribution >= 4 is 17.3 Å². The molecule has 1 aromatic carbocycles. The van der Waals surface area contributed by atoms with Gasteiger partial charge in [0, 0.05) is 11.8 Å². The molecule has 6 heteroatoms. The third-order valence-electron chi connectivity index (χ3n) is 5.33. The summed E-state index contributed by atoms with van der Waals surface area (Å²) in [7, 11) is 1.32. The third kappa shape index (κ3) is 3.73. The van der Waals surface area contributed by atoms with Crippen LogP contribution in [0.2, 0.25) is 0 Å². The van der Waals surface area contributed by atoms with Crippen molar-refractivity contribution in [2.75, 3.05) is 7.11 Å². The number of Topliss-reactive ketones (excluding diaryl/α,β-unsaturated/α-hetero) is 1. The largest absolute Gasteiger partial charge is 0.454 e. The number of ketones is 1. The summed E-state index contributed by atoms with van der Waals surface area (Å²) >= 11 is 0. The van der Waals surface area contributed by atoms with Crippen molar-refractivity contribution < 1.29 is 24.4 Å². The Labute approximate surface area is 175 Å². The standard InChI is InChI=1S/C24H23NO5/c1-3-17(21-22(26)24(23(21)27)30-28-2)16-13-19(15-9-5-4-6-10-15)29-20(14-16)18-11-7-8-12-25-18/h4-14,21-22,24,26H,3H2,1-2H3. The predicted octanol–water partition coefficient (Wildman–Crippen LogP) is 3.71.